The highest BCUT2D eigenvalue weighted by Gasteiger charge is 2.37. The van der Waals surface area contributed by atoms with Crippen molar-refractivity contribution in [1.82, 2.24) is 4.57 Å². The summed E-state index contributed by atoms with van der Waals surface area (Å²) in [6.07, 6.45) is 3.01. The number of thiazole rings is 1. The fourth-order valence-electron chi connectivity index (χ4n) is 4.69. The average Bonchev–Trinajstić information content (AvgIpc) is 3.39. The number of halogens is 2. The Morgan fingerprint density at radius 3 is 2.68 bits per heavy atom. The Labute approximate surface area is 239 Å². The van der Waals surface area contributed by atoms with Crippen LogP contribution in [0, 0.1) is 0 Å². The molecule has 38 heavy (non-hydrogen) atoms. The highest BCUT2D eigenvalue weighted by atomic mass is 79.9. The van der Waals surface area contributed by atoms with Crippen molar-refractivity contribution in [1.29, 1.82) is 0 Å². The summed E-state index contributed by atoms with van der Waals surface area (Å²) in [5.41, 5.74) is 1.40. The van der Waals surface area contributed by atoms with Crippen LogP contribution < -0.4 is 19.6 Å². The largest absolute Gasteiger partial charge is 0.496 e. The summed E-state index contributed by atoms with van der Waals surface area (Å²) < 4.78 is 20.3. The van der Waals surface area contributed by atoms with Crippen molar-refractivity contribution in [3.63, 3.8) is 0 Å². The molecule has 0 amide bonds. The van der Waals surface area contributed by atoms with Gasteiger partial charge in [0.05, 0.1) is 34.0 Å². The molecule has 4 aromatic rings. The molecule has 5 rings (SSSR count). The summed E-state index contributed by atoms with van der Waals surface area (Å²) in [4.78, 5) is 32.9. The monoisotopic (exact) mass is 658 g/mol. The molecular formula is C28H24Br2N2O5S. The van der Waals surface area contributed by atoms with E-state index in [4.69, 9.17) is 18.9 Å². The van der Waals surface area contributed by atoms with Crippen molar-refractivity contribution in [3.05, 3.63) is 93.9 Å². The van der Waals surface area contributed by atoms with Crippen LogP contribution in [0.25, 0.3) is 16.8 Å². The Morgan fingerprint density at radius 2 is 2.00 bits per heavy atom. The van der Waals surface area contributed by atoms with Crippen molar-refractivity contribution < 1.29 is 18.7 Å². The zero-order chi connectivity index (χ0) is 27.0. The topological polar surface area (TPSA) is 83.0 Å². The molecule has 0 bridgehead atoms. The van der Waals surface area contributed by atoms with E-state index in [0.717, 1.165) is 21.7 Å². The van der Waals surface area contributed by atoms with Crippen LogP contribution in [0.4, 0.5) is 0 Å². The quantitative estimate of drug-likeness (QED) is 0.232. The SMILES string of the molecule is CCCC1=C(C(=O)OCC)[C@H](c2c(OC)ccc3ccccc23)n2c(s/c(=C/c3cc(Br)c(Br)o3)c2=O)=N1. The molecule has 10 heteroatoms. The number of carbonyl (C=O) groups is 1. The van der Waals surface area contributed by atoms with Crippen LogP contribution in [0.1, 0.15) is 44.1 Å². The molecule has 2 aromatic carbocycles. The third-order valence-corrected chi connectivity index (χ3v) is 8.95. The lowest BCUT2D eigenvalue weighted by molar-refractivity contribution is -0.139. The lowest BCUT2D eigenvalue weighted by Crippen LogP contribution is -2.40. The number of aromatic nitrogens is 1. The van der Waals surface area contributed by atoms with Crippen molar-refractivity contribution in [3.8, 4) is 5.75 Å². The second-order valence-electron chi connectivity index (χ2n) is 8.59. The van der Waals surface area contributed by atoms with Gasteiger partial charge in [-0.1, -0.05) is 55.0 Å². The van der Waals surface area contributed by atoms with Crippen LogP contribution in [0.2, 0.25) is 0 Å². The van der Waals surface area contributed by atoms with Gasteiger partial charge in [-0.2, -0.15) is 0 Å². The van der Waals surface area contributed by atoms with Gasteiger partial charge in [0.25, 0.3) is 5.56 Å². The molecule has 0 fully saturated rings. The molecule has 0 unspecified atom stereocenters. The van der Waals surface area contributed by atoms with Gasteiger partial charge in [-0.05, 0) is 68.1 Å². The summed E-state index contributed by atoms with van der Waals surface area (Å²) in [5, 5.41) is 1.85. The van der Waals surface area contributed by atoms with Gasteiger partial charge in [0.2, 0.25) is 0 Å². The normalized spacial score (nSPS) is 15.5. The van der Waals surface area contributed by atoms with Crippen molar-refractivity contribution in [2.24, 2.45) is 4.99 Å². The van der Waals surface area contributed by atoms with Gasteiger partial charge in [-0.3, -0.25) is 9.36 Å². The molecule has 0 saturated carbocycles. The Kier molecular flexibility index (Phi) is 7.74. The predicted molar refractivity (Wildman–Crippen MR) is 154 cm³/mol. The van der Waals surface area contributed by atoms with E-state index in [1.165, 1.54) is 11.3 Å². The fraction of sp³-hybridized carbons (Fsp3) is 0.250. The summed E-state index contributed by atoms with van der Waals surface area (Å²) in [6.45, 7) is 3.99. The second-order valence-corrected chi connectivity index (χ2v) is 11.2. The van der Waals surface area contributed by atoms with Crippen molar-refractivity contribution in [2.75, 3.05) is 13.7 Å². The lowest BCUT2D eigenvalue weighted by Gasteiger charge is -2.28. The molecule has 3 heterocycles. The number of carbonyl (C=O) groups excluding carboxylic acids is 1. The van der Waals surface area contributed by atoms with E-state index in [0.29, 0.717) is 48.8 Å². The number of furan rings is 1. The second kappa shape index (κ2) is 11.0. The number of rotatable bonds is 7. The molecule has 1 aliphatic rings. The molecular weight excluding hydrogens is 636 g/mol. The molecule has 7 nitrogen and oxygen atoms in total. The van der Waals surface area contributed by atoms with Gasteiger partial charge in [0, 0.05) is 11.6 Å². The van der Waals surface area contributed by atoms with Crippen LogP contribution in [0.15, 0.2) is 77.1 Å². The minimum absolute atomic E-state index is 0.202. The van der Waals surface area contributed by atoms with Crippen LogP contribution in [-0.4, -0.2) is 24.3 Å². The van der Waals surface area contributed by atoms with Crippen LogP contribution in [0.3, 0.4) is 0 Å². The Balaban J connectivity index is 1.88. The van der Waals surface area contributed by atoms with Gasteiger partial charge >= 0.3 is 5.97 Å². The first kappa shape index (κ1) is 26.6. The van der Waals surface area contributed by atoms with Crippen molar-refractivity contribution in [2.45, 2.75) is 32.7 Å². The van der Waals surface area contributed by atoms with E-state index in [-0.39, 0.29) is 12.2 Å². The zero-order valence-electron chi connectivity index (χ0n) is 20.9. The van der Waals surface area contributed by atoms with Crippen LogP contribution in [-0.2, 0) is 9.53 Å². The van der Waals surface area contributed by atoms with E-state index in [1.807, 2.05) is 43.3 Å². The van der Waals surface area contributed by atoms with E-state index in [2.05, 4.69) is 31.9 Å². The van der Waals surface area contributed by atoms with Crippen molar-refractivity contribution >= 4 is 66.0 Å². The molecule has 2 aromatic heterocycles. The number of hydrogen-bond donors (Lipinski definition) is 0. The number of allylic oxidation sites excluding steroid dienone is 1. The van der Waals surface area contributed by atoms with Gasteiger partial charge in [0.1, 0.15) is 17.6 Å². The van der Waals surface area contributed by atoms with Gasteiger partial charge < -0.3 is 13.9 Å². The van der Waals surface area contributed by atoms with Gasteiger partial charge in [-0.15, -0.1) is 0 Å². The average molecular weight is 660 g/mol. The highest BCUT2D eigenvalue weighted by molar-refractivity contribution is 9.13. The molecule has 0 N–H and O–H groups in total. The zero-order valence-corrected chi connectivity index (χ0v) is 24.9. The van der Waals surface area contributed by atoms with Gasteiger partial charge in [-0.25, -0.2) is 9.79 Å². The Hall–Kier alpha value is -2.95. The van der Waals surface area contributed by atoms with E-state index >= 15 is 0 Å². The standard InChI is InChI=1S/C28H24Br2N2O5S/c1-4-8-19-23(27(34)36-5-2)24(22-17-10-7-6-9-15(17)11-12-20(22)35-3)32-26(33)21(38-28(32)31-19)14-16-13-18(29)25(30)37-16/h6-7,9-14,24H,4-5,8H2,1-3H3/b21-14+/t24-/m0/s1. The maximum absolute atomic E-state index is 14.0. The third-order valence-electron chi connectivity index (χ3n) is 6.25. The fourth-order valence-corrected chi connectivity index (χ4v) is 6.30. The number of nitrogens with zero attached hydrogens (tertiary/aromatic N) is 2. The summed E-state index contributed by atoms with van der Waals surface area (Å²) in [6, 6.07) is 12.7. The molecule has 1 aliphatic heterocycles. The van der Waals surface area contributed by atoms with E-state index < -0.39 is 12.0 Å². The molecule has 0 radical (unpaired) electrons. The minimum Gasteiger partial charge on any atom is -0.496 e. The number of benzene rings is 2. The van der Waals surface area contributed by atoms with Crippen LogP contribution in [0.5, 0.6) is 5.75 Å². The van der Waals surface area contributed by atoms with Gasteiger partial charge in [0.15, 0.2) is 9.47 Å². The first-order valence-electron chi connectivity index (χ1n) is 12.1. The highest BCUT2D eigenvalue weighted by Crippen LogP contribution is 2.41. The summed E-state index contributed by atoms with van der Waals surface area (Å²) in [7, 11) is 1.59. The summed E-state index contributed by atoms with van der Waals surface area (Å²) >= 11 is 8.02. The maximum Gasteiger partial charge on any atom is 0.338 e. The maximum atomic E-state index is 14.0. The summed E-state index contributed by atoms with van der Waals surface area (Å²) in [5.74, 6) is 0.585. The lowest BCUT2D eigenvalue weighted by atomic mass is 9.90. The number of esters is 1. The Bertz CT molecular complexity index is 1750. The minimum atomic E-state index is -0.787. The molecule has 196 valence electrons. The first-order valence-corrected chi connectivity index (χ1v) is 14.5. The molecule has 0 saturated heterocycles. The Morgan fingerprint density at radius 1 is 1.21 bits per heavy atom. The number of methoxy groups -OCH3 is 1. The number of hydrogen-bond acceptors (Lipinski definition) is 7. The molecule has 0 spiro atoms. The molecule has 0 aliphatic carbocycles. The first-order chi connectivity index (χ1) is 18.4. The van der Waals surface area contributed by atoms with Crippen LogP contribution >= 0.6 is 43.2 Å². The number of ether oxygens (including phenoxy) is 2. The third kappa shape index (κ3) is 4.69. The number of fused-ring (bicyclic) bond motifs is 2. The smallest absolute Gasteiger partial charge is 0.338 e. The predicted octanol–water partition coefficient (Wildman–Crippen LogP) is 5.86. The van der Waals surface area contributed by atoms with E-state index in [9.17, 15) is 9.59 Å². The molecule has 1 atom stereocenters. The van der Waals surface area contributed by atoms with E-state index in [1.54, 1.807) is 30.7 Å².